The van der Waals surface area contributed by atoms with Crippen molar-refractivity contribution in [3.05, 3.63) is 41.9 Å². The fourth-order valence-corrected chi connectivity index (χ4v) is 2.19. The lowest BCUT2D eigenvalue weighted by Crippen LogP contribution is -2.15. The second-order valence-corrected chi connectivity index (χ2v) is 5.43. The zero-order valence-corrected chi connectivity index (χ0v) is 13.6. The van der Waals surface area contributed by atoms with Crippen molar-refractivity contribution >= 4 is 0 Å². The first-order valence-electron chi connectivity index (χ1n) is 7.72. The maximum Gasteiger partial charge on any atom is 0.280 e. The zero-order chi connectivity index (χ0) is 16.9. The van der Waals surface area contributed by atoms with E-state index >= 15 is 0 Å². The molecule has 0 amide bonds. The van der Waals surface area contributed by atoms with E-state index < -0.39 is 6.10 Å². The van der Waals surface area contributed by atoms with Gasteiger partial charge in [-0.15, -0.1) is 5.10 Å². The summed E-state index contributed by atoms with van der Waals surface area (Å²) in [7, 11) is 1.63. The largest absolute Gasteiger partial charge is 0.497 e. The molecule has 24 heavy (non-hydrogen) atoms. The van der Waals surface area contributed by atoms with Crippen LogP contribution in [0.2, 0.25) is 0 Å². The topological polar surface area (TPSA) is 99.1 Å². The van der Waals surface area contributed by atoms with E-state index in [1.165, 1.54) is 0 Å². The highest BCUT2D eigenvalue weighted by Gasteiger charge is 2.14. The van der Waals surface area contributed by atoms with Gasteiger partial charge in [-0.1, -0.05) is 29.4 Å². The molecule has 0 aliphatic heterocycles. The lowest BCUT2D eigenvalue weighted by atomic mass is 10.1. The van der Waals surface area contributed by atoms with E-state index in [1.807, 2.05) is 31.2 Å². The molecule has 0 aliphatic rings. The maximum atomic E-state index is 9.65. The van der Waals surface area contributed by atoms with Gasteiger partial charge in [0.05, 0.1) is 26.0 Å². The molecule has 0 fully saturated rings. The molecule has 8 nitrogen and oxygen atoms in total. The van der Waals surface area contributed by atoms with Gasteiger partial charge in [0, 0.05) is 6.42 Å². The van der Waals surface area contributed by atoms with Gasteiger partial charge < -0.3 is 14.4 Å². The first-order valence-corrected chi connectivity index (χ1v) is 7.72. The van der Waals surface area contributed by atoms with E-state index in [0.29, 0.717) is 36.8 Å². The third-order valence-electron chi connectivity index (χ3n) is 3.62. The monoisotopic (exact) mass is 329 g/mol. The van der Waals surface area contributed by atoms with Gasteiger partial charge in [-0.3, -0.25) is 0 Å². The van der Waals surface area contributed by atoms with Crippen molar-refractivity contribution in [2.45, 2.75) is 32.4 Å². The standard InChI is InChI=1S/C16H19N5O3/c1-3-12(22)9-21-10-14(18-20-21)16-17-15(19-24-16)8-11-4-6-13(23-2)7-5-11/h4-7,10,12,22H,3,8-9H2,1-2H3. The van der Waals surface area contributed by atoms with E-state index in [1.54, 1.807) is 18.0 Å². The van der Waals surface area contributed by atoms with Crippen LogP contribution in [-0.2, 0) is 13.0 Å². The molecule has 2 aromatic heterocycles. The average Bonchev–Trinajstić information content (AvgIpc) is 3.25. The van der Waals surface area contributed by atoms with E-state index in [0.717, 1.165) is 11.3 Å². The van der Waals surface area contributed by atoms with E-state index in [9.17, 15) is 5.11 Å². The molecule has 0 saturated heterocycles. The van der Waals surface area contributed by atoms with E-state index in [-0.39, 0.29) is 0 Å². The first kappa shape index (κ1) is 16.1. The summed E-state index contributed by atoms with van der Waals surface area (Å²) < 4.78 is 11.9. The number of aliphatic hydroxyl groups excluding tert-OH is 1. The highest BCUT2D eigenvalue weighted by atomic mass is 16.5. The summed E-state index contributed by atoms with van der Waals surface area (Å²) in [4.78, 5) is 4.34. The molecule has 8 heteroatoms. The Morgan fingerprint density at radius 1 is 1.29 bits per heavy atom. The Labute approximate surface area is 139 Å². The summed E-state index contributed by atoms with van der Waals surface area (Å²) in [6.45, 7) is 2.29. The van der Waals surface area contributed by atoms with Gasteiger partial charge in [0.1, 0.15) is 5.75 Å². The molecule has 0 saturated carbocycles. The second-order valence-electron chi connectivity index (χ2n) is 5.43. The molecular weight excluding hydrogens is 310 g/mol. The Morgan fingerprint density at radius 3 is 2.79 bits per heavy atom. The molecule has 1 N–H and O–H groups in total. The third-order valence-corrected chi connectivity index (χ3v) is 3.62. The molecule has 126 valence electrons. The average molecular weight is 329 g/mol. The number of methoxy groups -OCH3 is 1. The van der Waals surface area contributed by atoms with Crippen molar-refractivity contribution in [1.82, 2.24) is 25.1 Å². The van der Waals surface area contributed by atoms with Gasteiger partial charge in [-0.05, 0) is 24.1 Å². The lowest BCUT2D eigenvalue weighted by Gasteiger charge is -2.05. The van der Waals surface area contributed by atoms with Gasteiger partial charge in [-0.25, -0.2) is 4.68 Å². The Kier molecular flexibility index (Phi) is 4.85. The molecule has 1 atom stereocenters. The highest BCUT2D eigenvalue weighted by molar-refractivity contribution is 5.43. The molecular formula is C16H19N5O3. The molecule has 0 spiro atoms. The number of hydrogen-bond acceptors (Lipinski definition) is 7. The van der Waals surface area contributed by atoms with Crippen molar-refractivity contribution in [2.24, 2.45) is 0 Å². The summed E-state index contributed by atoms with van der Waals surface area (Å²) in [5, 5.41) is 21.6. The van der Waals surface area contributed by atoms with Crippen molar-refractivity contribution in [2.75, 3.05) is 7.11 Å². The molecule has 1 unspecified atom stereocenters. The zero-order valence-electron chi connectivity index (χ0n) is 13.6. The van der Waals surface area contributed by atoms with Crippen molar-refractivity contribution in [3.63, 3.8) is 0 Å². The summed E-state index contributed by atoms with van der Waals surface area (Å²) in [6, 6.07) is 7.69. The van der Waals surface area contributed by atoms with Crippen LogP contribution in [0.25, 0.3) is 11.6 Å². The number of ether oxygens (including phenoxy) is 1. The van der Waals surface area contributed by atoms with Crippen LogP contribution in [0.5, 0.6) is 5.75 Å². The molecule has 0 radical (unpaired) electrons. The van der Waals surface area contributed by atoms with Gasteiger partial charge >= 0.3 is 0 Å². The quantitative estimate of drug-likeness (QED) is 0.704. The summed E-state index contributed by atoms with van der Waals surface area (Å²) in [5.41, 5.74) is 1.55. The minimum atomic E-state index is -0.451. The maximum absolute atomic E-state index is 9.65. The lowest BCUT2D eigenvalue weighted by molar-refractivity contribution is 0.144. The SMILES string of the molecule is CCC(O)Cn1cc(-c2nc(Cc3ccc(OC)cc3)no2)nn1. The number of rotatable bonds is 7. The van der Waals surface area contributed by atoms with Gasteiger partial charge in [0.25, 0.3) is 5.89 Å². The molecule has 0 aliphatic carbocycles. The summed E-state index contributed by atoms with van der Waals surface area (Å²) in [5.74, 6) is 1.69. The molecule has 0 bridgehead atoms. The number of hydrogen-bond donors (Lipinski definition) is 1. The minimum absolute atomic E-state index is 0.316. The molecule has 1 aromatic carbocycles. The predicted octanol–water partition coefficient (Wildman–Crippen LogP) is 1.70. The Balaban J connectivity index is 1.68. The van der Waals surface area contributed by atoms with Crippen LogP contribution in [0.3, 0.4) is 0 Å². The van der Waals surface area contributed by atoms with Crippen molar-refractivity contribution in [3.8, 4) is 17.3 Å². The molecule has 2 heterocycles. The second kappa shape index (κ2) is 7.22. The highest BCUT2D eigenvalue weighted by Crippen LogP contribution is 2.17. The molecule has 3 rings (SSSR count). The van der Waals surface area contributed by atoms with Crippen LogP contribution < -0.4 is 4.74 Å². The number of aromatic nitrogens is 5. The normalized spacial score (nSPS) is 12.3. The number of aliphatic hydroxyl groups is 1. The number of nitrogens with zero attached hydrogens (tertiary/aromatic N) is 5. The van der Waals surface area contributed by atoms with Crippen LogP contribution in [0, 0.1) is 0 Å². The Bertz CT molecular complexity index is 781. The fraction of sp³-hybridized carbons (Fsp3) is 0.375. The minimum Gasteiger partial charge on any atom is -0.497 e. The van der Waals surface area contributed by atoms with Crippen molar-refractivity contribution in [1.29, 1.82) is 0 Å². The number of benzene rings is 1. The molecule has 3 aromatic rings. The summed E-state index contributed by atoms with van der Waals surface area (Å²) >= 11 is 0. The Morgan fingerprint density at radius 2 is 2.08 bits per heavy atom. The van der Waals surface area contributed by atoms with Gasteiger partial charge in [0.2, 0.25) is 0 Å². The van der Waals surface area contributed by atoms with E-state index in [4.69, 9.17) is 9.26 Å². The van der Waals surface area contributed by atoms with E-state index in [2.05, 4.69) is 20.5 Å². The van der Waals surface area contributed by atoms with Crippen LogP contribution in [-0.4, -0.2) is 43.5 Å². The van der Waals surface area contributed by atoms with Gasteiger partial charge in [-0.2, -0.15) is 4.98 Å². The van der Waals surface area contributed by atoms with Crippen LogP contribution in [0.1, 0.15) is 24.7 Å². The Hall–Kier alpha value is -2.74. The smallest absolute Gasteiger partial charge is 0.280 e. The fourth-order valence-electron chi connectivity index (χ4n) is 2.19. The van der Waals surface area contributed by atoms with Crippen molar-refractivity contribution < 1.29 is 14.4 Å². The third kappa shape index (κ3) is 3.77. The van der Waals surface area contributed by atoms with Gasteiger partial charge in [0.15, 0.2) is 11.5 Å². The van der Waals surface area contributed by atoms with Crippen LogP contribution >= 0.6 is 0 Å². The predicted molar refractivity (Wildman–Crippen MR) is 85.4 cm³/mol. The van der Waals surface area contributed by atoms with Crippen LogP contribution in [0.4, 0.5) is 0 Å². The summed E-state index contributed by atoms with van der Waals surface area (Å²) in [6.07, 6.45) is 2.44. The first-order chi connectivity index (χ1) is 11.7. The van der Waals surface area contributed by atoms with Crippen LogP contribution in [0.15, 0.2) is 35.0 Å².